The molecule has 0 bridgehead atoms. The molecule has 0 radical (unpaired) electrons. The Hall–Kier alpha value is -1.35. The number of benzene rings is 1. The summed E-state index contributed by atoms with van der Waals surface area (Å²) in [5.41, 5.74) is 4.21. The molecule has 1 atom stereocenters. The van der Waals surface area contributed by atoms with Gasteiger partial charge < -0.3 is 10.4 Å². The van der Waals surface area contributed by atoms with E-state index in [1.807, 2.05) is 0 Å². The number of aryl methyl sites for hydroxylation is 2. The molecule has 0 saturated carbocycles. The lowest BCUT2D eigenvalue weighted by Crippen LogP contribution is -2.22. The summed E-state index contributed by atoms with van der Waals surface area (Å²) in [5, 5.41) is 11.8. The highest BCUT2D eigenvalue weighted by atomic mass is 16.4. The van der Waals surface area contributed by atoms with Crippen LogP contribution in [0.5, 0.6) is 0 Å². The molecule has 1 aromatic carbocycles. The number of carboxylic acids is 1. The molecule has 1 aliphatic rings. The number of hydrogen-bond acceptors (Lipinski definition) is 2. The van der Waals surface area contributed by atoms with Crippen LogP contribution in [0.1, 0.15) is 42.5 Å². The summed E-state index contributed by atoms with van der Waals surface area (Å²) in [6, 6.07) is 6.86. The molecule has 0 spiro atoms. The maximum absolute atomic E-state index is 10.4. The normalized spacial score (nSPS) is 15.6. The second-order valence-electron chi connectivity index (χ2n) is 4.70. The Morgan fingerprint density at radius 3 is 2.94 bits per heavy atom. The van der Waals surface area contributed by atoms with E-state index in [0.717, 1.165) is 0 Å². The fraction of sp³-hybridized carbons (Fsp3) is 0.500. The van der Waals surface area contributed by atoms with Gasteiger partial charge >= 0.3 is 5.97 Å². The molecule has 92 valence electrons. The van der Waals surface area contributed by atoms with Crippen LogP contribution < -0.4 is 5.32 Å². The standard InChI is InChI=1S/C14H19NO2/c1-10(15-8-7-14(16)17)12-6-5-11-3-2-4-13(11)9-12/h5-6,9-10,15H,2-4,7-8H2,1H3,(H,16,17). The highest BCUT2D eigenvalue weighted by Gasteiger charge is 2.13. The smallest absolute Gasteiger partial charge is 0.304 e. The van der Waals surface area contributed by atoms with Crippen LogP contribution in [0.2, 0.25) is 0 Å². The van der Waals surface area contributed by atoms with E-state index in [9.17, 15) is 4.79 Å². The van der Waals surface area contributed by atoms with Gasteiger partial charge in [-0.05, 0) is 42.9 Å². The average Bonchev–Trinajstić information content (AvgIpc) is 2.75. The summed E-state index contributed by atoms with van der Waals surface area (Å²) in [4.78, 5) is 10.4. The number of carboxylic acid groups (broad SMARTS) is 1. The molecule has 0 amide bonds. The van der Waals surface area contributed by atoms with Crippen LogP contribution in [0.3, 0.4) is 0 Å². The molecule has 0 heterocycles. The molecule has 17 heavy (non-hydrogen) atoms. The van der Waals surface area contributed by atoms with Crippen molar-refractivity contribution < 1.29 is 9.90 Å². The van der Waals surface area contributed by atoms with Gasteiger partial charge in [0.25, 0.3) is 0 Å². The van der Waals surface area contributed by atoms with Gasteiger partial charge in [0.2, 0.25) is 0 Å². The van der Waals surface area contributed by atoms with E-state index in [1.165, 1.54) is 36.0 Å². The van der Waals surface area contributed by atoms with E-state index in [4.69, 9.17) is 5.11 Å². The zero-order valence-corrected chi connectivity index (χ0v) is 10.2. The SMILES string of the molecule is CC(NCCC(=O)O)c1ccc2c(c1)CCC2. The van der Waals surface area contributed by atoms with Crippen molar-refractivity contribution in [3.8, 4) is 0 Å². The number of hydrogen-bond donors (Lipinski definition) is 2. The first kappa shape index (κ1) is 12.1. The van der Waals surface area contributed by atoms with E-state index in [0.29, 0.717) is 6.54 Å². The Balaban J connectivity index is 1.95. The van der Waals surface area contributed by atoms with E-state index >= 15 is 0 Å². The molecule has 1 unspecified atom stereocenters. The number of aliphatic carboxylic acids is 1. The van der Waals surface area contributed by atoms with E-state index in [2.05, 4.69) is 30.4 Å². The quantitative estimate of drug-likeness (QED) is 0.820. The minimum absolute atomic E-state index is 0.176. The zero-order chi connectivity index (χ0) is 12.3. The highest BCUT2D eigenvalue weighted by molar-refractivity contribution is 5.66. The van der Waals surface area contributed by atoms with Gasteiger partial charge in [0.1, 0.15) is 0 Å². The Morgan fingerprint density at radius 2 is 2.18 bits per heavy atom. The van der Waals surface area contributed by atoms with Crippen molar-refractivity contribution in [2.45, 2.75) is 38.6 Å². The largest absolute Gasteiger partial charge is 0.481 e. The van der Waals surface area contributed by atoms with Crippen LogP contribution in [-0.4, -0.2) is 17.6 Å². The van der Waals surface area contributed by atoms with Gasteiger partial charge in [-0.3, -0.25) is 4.79 Å². The van der Waals surface area contributed by atoms with Crippen LogP contribution in [0.15, 0.2) is 18.2 Å². The van der Waals surface area contributed by atoms with E-state index in [-0.39, 0.29) is 12.5 Å². The van der Waals surface area contributed by atoms with Gasteiger partial charge in [0.15, 0.2) is 0 Å². The maximum Gasteiger partial charge on any atom is 0.304 e. The lowest BCUT2D eigenvalue weighted by Gasteiger charge is -2.14. The summed E-state index contributed by atoms with van der Waals surface area (Å²) in [7, 11) is 0. The third kappa shape index (κ3) is 3.07. The first-order chi connectivity index (χ1) is 8.16. The topological polar surface area (TPSA) is 49.3 Å². The van der Waals surface area contributed by atoms with Crippen LogP contribution in [0.4, 0.5) is 0 Å². The van der Waals surface area contributed by atoms with Crippen LogP contribution in [-0.2, 0) is 17.6 Å². The first-order valence-electron chi connectivity index (χ1n) is 6.23. The van der Waals surface area contributed by atoms with Crippen molar-refractivity contribution in [3.63, 3.8) is 0 Å². The minimum Gasteiger partial charge on any atom is -0.481 e. The summed E-state index contributed by atoms with van der Waals surface area (Å²) in [6.07, 6.45) is 3.83. The lowest BCUT2D eigenvalue weighted by atomic mass is 10.0. The fourth-order valence-electron chi connectivity index (χ4n) is 2.37. The molecular weight excluding hydrogens is 214 g/mol. The molecule has 0 fully saturated rings. The molecule has 3 nitrogen and oxygen atoms in total. The van der Waals surface area contributed by atoms with E-state index < -0.39 is 5.97 Å². The number of nitrogens with one attached hydrogen (secondary N) is 1. The monoisotopic (exact) mass is 233 g/mol. The van der Waals surface area contributed by atoms with E-state index in [1.54, 1.807) is 0 Å². The Kier molecular flexibility index (Phi) is 3.79. The van der Waals surface area contributed by atoms with Gasteiger partial charge in [-0.15, -0.1) is 0 Å². The summed E-state index contributed by atoms with van der Waals surface area (Å²) in [6.45, 7) is 2.60. The summed E-state index contributed by atoms with van der Waals surface area (Å²) >= 11 is 0. The Morgan fingerprint density at radius 1 is 1.41 bits per heavy atom. The van der Waals surface area contributed by atoms with Gasteiger partial charge in [0.05, 0.1) is 6.42 Å². The molecule has 0 aromatic heterocycles. The third-order valence-corrected chi connectivity index (χ3v) is 3.41. The highest BCUT2D eigenvalue weighted by Crippen LogP contribution is 2.25. The van der Waals surface area contributed by atoms with Crippen molar-refractivity contribution in [2.24, 2.45) is 0 Å². The second-order valence-corrected chi connectivity index (χ2v) is 4.70. The lowest BCUT2D eigenvalue weighted by molar-refractivity contribution is -0.136. The summed E-state index contributed by atoms with van der Waals surface area (Å²) in [5.74, 6) is -0.751. The fourth-order valence-corrected chi connectivity index (χ4v) is 2.37. The van der Waals surface area contributed by atoms with Crippen LogP contribution >= 0.6 is 0 Å². The molecule has 1 aromatic rings. The van der Waals surface area contributed by atoms with Gasteiger partial charge in [0, 0.05) is 12.6 Å². The molecular formula is C14H19NO2. The van der Waals surface area contributed by atoms with Crippen molar-refractivity contribution in [1.82, 2.24) is 5.32 Å². The predicted octanol–water partition coefficient (Wildman–Crippen LogP) is 2.30. The second kappa shape index (κ2) is 5.32. The molecule has 3 heteroatoms. The molecule has 2 N–H and O–H groups in total. The molecule has 0 aliphatic heterocycles. The molecule has 1 aliphatic carbocycles. The van der Waals surface area contributed by atoms with Gasteiger partial charge in [-0.2, -0.15) is 0 Å². The van der Waals surface area contributed by atoms with Crippen LogP contribution in [0, 0.1) is 0 Å². The Bertz CT molecular complexity index is 415. The molecule has 0 saturated heterocycles. The van der Waals surface area contributed by atoms with Crippen molar-refractivity contribution in [3.05, 3.63) is 34.9 Å². The van der Waals surface area contributed by atoms with Crippen molar-refractivity contribution >= 4 is 5.97 Å². The van der Waals surface area contributed by atoms with Crippen molar-refractivity contribution in [1.29, 1.82) is 0 Å². The molecule has 2 rings (SSSR count). The predicted molar refractivity (Wildman–Crippen MR) is 67.1 cm³/mol. The minimum atomic E-state index is -0.751. The van der Waals surface area contributed by atoms with Gasteiger partial charge in [-0.1, -0.05) is 18.2 Å². The zero-order valence-electron chi connectivity index (χ0n) is 10.2. The number of fused-ring (bicyclic) bond motifs is 1. The van der Waals surface area contributed by atoms with Gasteiger partial charge in [-0.25, -0.2) is 0 Å². The first-order valence-corrected chi connectivity index (χ1v) is 6.23. The van der Waals surface area contributed by atoms with Crippen LogP contribution in [0.25, 0.3) is 0 Å². The average molecular weight is 233 g/mol. The summed E-state index contributed by atoms with van der Waals surface area (Å²) < 4.78 is 0. The van der Waals surface area contributed by atoms with Crippen molar-refractivity contribution in [2.75, 3.05) is 6.54 Å². The number of rotatable bonds is 5. The Labute approximate surface area is 102 Å². The number of carbonyl (C=O) groups is 1. The maximum atomic E-state index is 10.4. The third-order valence-electron chi connectivity index (χ3n) is 3.41.